The molecule has 0 rings (SSSR count). The molecule has 0 heterocycles. The summed E-state index contributed by atoms with van der Waals surface area (Å²) in [5.41, 5.74) is 0. The maximum Gasteiger partial charge on any atom is 0.192 e. The van der Waals surface area contributed by atoms with Crippen LogP contribution in [0.5, 0.6) is 0 Å². The minimum Gasteiger partial charge on any atom is -0.421 e. The minimum absolute atomic E-state index is 0.992. The van der Waals surface area contributed by atoms with Gasteiger partial charge in [-0.1, -0.05) is 47.0 Å². The molecule has 4 heteroatoms. The summed E-state index contributed by atoms with van der Waals surface area (Å²) >= 11 is 0. The Morgan fingerprint density at radius 1 is 0.700 bits per heavy atom. The molecule has 0 aromatic heterocycles. The van der Waals surface area contributed by atoms with Crippen LogP contribution in [-0.4, -0.2) is 30.4 Å². The molecule has 20 heavy (non-hydrogen) atoms. The quantitative estimate of drug-likeness (QED) is 0.456. The van der Waals surface area contributed by atoms with E-state index < -0.39 is 16.6 Å². The summed E-state index contributed by atoms with van der Waals surface area (Å²) in [5, 5.41) is 0. The van der Waals surface area contributed by atoms with Crippen molar-refractivity contribution in [3.05, 3.63) is 0 Å². The fraction of sp³-hybridized carbons (Fsp3) is 1.00. The number of hydrogen-bond acceptors (Lipinski definition) is 2. The number of rotatable bonds is 10. The van der Waals surface area contributed by atoms with Gasteiger partial charge >= 0.3 is 0 Å². The van der Waals surface area contributed by atoms with Crippen molar-refractivity contribution in [1.82, 2.24) is 0 Å². The lowest BCUT2D eigenvalue weighted by Gasteiger charge is -2.30. The summed E-state index contributed by atoms with van der Waals surface area (Å²) in [6.45, 7) is 16.6. The molecule has 0 aromatic rings. The molecular formula is C16H40O2Si2. The number of hydrogen-bond donors (Lipinski definition) is 0. The van der Waals surface area contributed by atoms with Crippen LogP contribution in [0.25, 0.3) is 0 Å². The molecule has 124 valence electrons. The summed E-state index contributed by atoms with van der Waals surface area (Å²) in [4.78, 5) is 0. The fourth-order valence-electron chi connectivity index (χ4n) is 2.28. The fourth-order valence-corrected chi connectivity index (χ4v) is 6.83. The Morgan fingerprint density at radius 2 is 1.05 bits per heavy atom. The van der Waals surface area contributed by atoms with E-state index in [0.29, 0.717) is 0 Å². The van der Waals surface area contributed by atoms with Gasteiger partial charge in [-0.2, -0.15) is 0 Å². The molecule has 0 N–H and O–H groups in total. The van der Waals surface area contributed by atoms with Crippen molar-refractivity contribution in [2.45, 2.75) is 91.2 Å². The molecule has 2 nitrogen and oxygen atoms in total. The van der Waals surface area contributed by atoms with Crippen molar-refractivity contribution in [1.29, 1.82) is 0 Å². The highest BCUT2D eigenvalue weighted by atomic mass is 28.4. The van der Waals surface area contributed by atoms with Gasteiger partial charge in [0.05, 0.1) is 0 Å². The van der Waals surface area contributed by atoms with Gasteiger partial charge in [0, 0.05) is 13.7 Å². The van der Waals surface area contributed by atoms with Crippen molar-refractivity contribution in [2.75, 3.05) is 13.7 Å². The molecule has 0 unspecified atom stereocenters. The Labute approximate surface area is 130 Å². The van der Waals surface area contributed by atoms with E-state index in [9.17, 15) is 0 Å². The van der Waals surface area contributed by atoms with Crippen LogP contribution in [0.15, 0.2) is 0 Å². The normalized spacial score (nSPS) is 12.0. The van der Waals surface area contributed by atoms with Crippen molar-refractivity contribution in [3.63, 3.8) is 0 Å². The van der Waals surface area contributed by atoms with E-state index in [2.05, 4.69) is 47.3 Å². The average molecular weight is 321 g/mol. The maximum atomic E-state index is 6.24. The predicted molar refractivity (Wildman–Crippen MR) is 97.6 cm³/mol. The van der Waals surface area contributed by atoms with E-state index in [0.717, 1.165) is 6.61 Å². The van der Waals surface area contributed by atoms with Crippen LogP contribution < -0.4 is 0 Å². The Bertz CT molecular complexity index is 186. The second kappa shape index (κ2) is 13.0. The van der Waals surface area contributed by atoms with Crippen LogP contribution in [-0.2, 0) is 8.85 Å². The largest absolute Gasteiger partial charge is 0.421 e. The molecule has 0 bridgehead atoms. The lowest BCUT2D eigenvalue weighted by Crippen LogP contribution is -2.38. The highest BCUT2D eigenvalue weighted by Gasteiger charge is 2.31. The van der Waals surface area contributed by atoms with E-state index in [-0.39, 0.29) is 0 Å². The first-order chi connectivity index (χ1) is 9.30. The van der Waals surface area contributed by atoms with Gasteiger partial charge in [0.25, 0.3) is 0 Å². The Kier molecular flexibility index (Phi) is 14.8. The molecule has 0 spiro atoms. The van der Waals surface area contributed by atoms with Crippen LogP contribution in [0.3, 0.4) is 0 Å². The van der Waals surface area contributed by atoms with E-state index in [4.69, 9.17) is 8.85 Å². The van der Waals surface area contributed by atoms with Gasteiger partial charge in [0.15, 0.2) is 16.6 Å². The molecule has 0 radical (unpaired) electrons. The van der Waals surface area contributed by atoms with E-state index >= 15 is 0 Å². The van der Waals surface area contributed by atoms with Gasteiger partial charge < -0.3 is 8.85 Å². The molecule has 0 aliphatic rings. The van der Waals surface area contributed by atoms with Gasteiger partial charge in [-0.05, 0) is 44.2 Å². The minimum atomic E-state index is -1.32. The summed E-state index contributed by atoms with van der Waals surface area (Å²) < 4.78 is 11.3. The van der Waals surface area contributed by atoms with Crippen LogP contribution in [0.2, 0.25) is 37.8 Å². The molecule has 0 amide bonds. The van der Waals surface area contributed by atoms with E-state index in [1.165, 1.54) is 43.8 Å². The second-order valence-electron chi connectivity index (χ2n) is 6.60. The zero-order valence-corrected chi connectivity index (χ0v) is 17.5. The van der Waals surface area contributed by atoms with Crippen LogP contribution >= 0.6 is 0 Å². The van der Waals surface area contributed by atoms with E-state index in [1.54, 1.807) is 7.11 Å². The highest BCUT2D eigenvalue weighted by molar-refractivity contribution is 6.73. The Balaban J connectivity index is 0. The summed E-state index contributed by atoms with van der Waals surface area (Å²) in [6.07, 6.45) is 5.08. The SMILES string of the molecule is CCCO[Si](CCC)(CCC)CCC.CO[Si](C)(C)C. The maximum absolute atomic E-state index is 6.24. The van der Waals surface area contributed by atoms with Crippen LogP contribution in [0, 0.1) is 0 Å². The molecule has 0 atom stereocenters. The molecule has 0 fully saturated rings. The second-order valence-corrected chi connectivity index (χ2v) is 15.4. The van der Waals surface area contributed by atoms with Crippen molar-refractivity contribution in [3.8, 4) is 0 Å². The van der Waals surface area contributed by atoms with Crippen molar-refractivity contribution in [2.24, 2.45) is 0 Å². The summed E-state index contributed by atoms with van der Waals surface area (Å²) in [6, 6.07) is 4.11. The molecule has 0 saturated carbocycles. The highest BCUT2D eigenvalue weighted by Crippen LogP contribution is 2.27. The lowest BCUT2D eigenvalue weighted by atomic mass is 10.5. The van der Waals surface area contributed by atoms with Gasteiger partial charge in [-0.3, -0.25) is 0 Å². The average Bonchev–Trinajstić information content (AvgIpc) is 2.37. The first-order valence-corrected chi connectivity index (χ1v) is 14.4. The van der Waals surface area contributed by atoms with Crippen LogP contribution in [0.4, 0.5) is 0 Å². The predicted octanol–water partition coefficient (Wildman–Crippen LogP) is 6.06. The zero-order valence-electron chi connectivity index (χ0n) is 15.5. The Morgan fingerprint density at radius 3 is 1.25 bits per heavy atom. The third kappa shape index (κ3) is 13.3. The van der Waals surface area contributed by atoms with Gasteiger partial charge in [-0.15, -0.1) is 0 Å². The van der Waals surface area contributed by atoms with Crippen molar-refractivity contribution >= 4 is 16.6 Å². The monoisotopic (exact) mass is 320 g/mol. The lowest BCUT2D eigenvalue weighted by molar-refractivity contribution is 0.295. The Hall–Kier alpha value is 0.354. The standard InChI is InChI=1S/C12H28OSi.C4H12OSi/c1-5-9-13-14(10-6-2,11-7-3)12-8-4;1-5-6(2,3)4/h5-12H2,1-4H3;1-4H3. The topological polar surface area (TPSA) is 18.5 Å². The molecule has 0 saturated heterocycles. The molecule has 0 aromatic carbocycles. The van der Waals surface area contributed by atoms with Crippen LogP contribution in [0.1, 0.15) is 53.4 Å². The summed E-state index contributed by atoms with van der Waals surface area (Å²) in [7, 11) is -0.678. The van der Waals surface area contributed by atoms with E-state index in [1.807, 2.05) is 0 Å². The van der Waals surface area contributed by atoms with Gasteiger partial charge in [0.2, 0.25) is 0 Å². The van der Waals surface area contributed by atoms with Gasteiger partial charge in [-0.25, -0.2) is 0 Å². The first-order valence-electron chi connectivity index (χ1n) is 8.49. The summed E-state index contributed by atoms with van der Waals surface area (Å²) in [5.74, 6) is 0. The zero-order chi connectivity index (χ0) is 16.1. The third-order valence-corrected chi connectivity index (χ3v) is 9.62. The van der Waals surface area contributed by atoms with Gasteiger partial charge in [0.1, 0.15) is 0 Å². The smallest absolute Gasteiger partial charge is 0.192 e. The third-order valence-electron chi connectivity index (χ3n) is 3.34. The molecule has 0 aliphatic heterocycles. The molecule has 0 aliphatic carbocycles. The van der Waals surface area contributed by atoms with Crippen molar-refractivity contribution < 1.29 is 8.85 Å². The first kappa shape index (κ1) is 22.6. The molecular weight excluding hydrogens is 280 g/mol.